The number of hydrogen-bond donors (Lipinski definition) is 1. The molecule has 0 aromatic carbocycles. The lowest BCUT2D eigenvalue weighted by atomic mass is 9.43. The van der Waals surface area contributed by atoms with Crippen molar-refractivity contribution < 1.29 is 8.78 Å². The largest absolute Gasteiger partial charge is 0.325 e. The number of likely N-dealkylation sites (tertiary alicyclic amines) is 1. The van der Waals surface area contributed by atoms with Crippen molar-refractivity contribution in [2.45, 2.75) is 36.3 Å². The monoisotopic (exact) mass is 174 g/mol. The highest BCUT2D eigenvalue weighted by Crippen LogP contribution is 2.63. The van der Waals surface area contributed by atoms with Crippen molar-refractivity contribution in [3.8, 4) is 0 Å². The van der Waals surface area contributed by atoms with Crippen LogP contribution in [0.1, 0.15) is 19.3 Å². The average molecular weight is 174 g/mol. The molecular formula is C8H12F2N2. The van der Waals surface area contributed by atoms with Crippen molar-refractivity contribution >= 4 is 0 Å². The van der Waals surface area contributed by atoms with Crippen LogP contribution in [0.15, 0.2) is 0 Å². The molecule has 0 unspecified atom stereocenters. The number of alkyl halides is 2. The van der Waals surface area contributed by atoms with Crippen LogP contribution >= 0.6 is 0 Å². The van der Waals surface area contributed by atoms with Crippen molar-refractivity contribution in [1.82, 2.24) is 4.90 Å². The fourth-order valence-electron chi connectivity index (χ4n) is 2.99. The Balaban J connectivity index is 1.65. The number of nitrogens with two attached hydrogens (primary N) is 1. The first-order valence-corrected chi connectivity index (χ1v) is 4.35. The molecule has 4 aliphatic rings. The molecule has 4 rings (SSSR count). The zero-order chi connectivity index (χ0) is 8.61. The third-order valence-corrected chi connectivity index (χ3v) is 3.56. The zero-order valence-corrected chi connectivity index (χ0v) is 6.82. The average Bonchev–Trinajstić information content (AvgIpc) is 1.72. The molecule has 0 amide bonds. The molecule has 0 radical (unpaired) electrons. The van der Waals surface area contributed by atoms with Crippen LogP contribution in [0.4, 0.5) is 8.78 Å². The van der Waals surface area contributed by atoms with Crippen LogP contribution in [0.2, 0.25) is 0 Å². The van der Waals surface area contributed by atoms with Gasteiger partial charge in [0.2, 0.25) is 0 Å². The van der Waals surface area contributed by atoms with Crippen molar-refractivity contribution in [1.29, 1.82) is 0 Å². The third kappa shape index (κ3) is 0.661. The number of halogens is 2. The van der Waals surface area contributed by atoms with E-state index in [2.05, 4.69) is 0 Å². The van der Waals surface area contributed by atoms with Crippen molar-refractivity contribution in [3.63, 3.8) is 0 Å². The van der Waals surface area contributed by atoms with Crippen molar-refractivity contribution in [2.24, 2.45) is 5.73 Å². The van der Waals surface area contributed by atoms with Gasteiger partial charge >= 0.3 is 0 Å². The minimum absolute atomic E-state index is 0.0326. The molecule has 12 heavy (non-hydrogen) atoms. The van der Waals surface area contributed by atoms with Gasteiger partial charge in [-0.1, -0.05) is 0 Å². The molecule has 1 aliphatic heterocycles. The third-order valence-electron chi connectivity index (χ3n) is 3.56. The normalized spacial score (nSPS) is 55.2. The molecule has 4 heteroatoms. The summed E-state index contributed by atoms with van der Waals surface area (Å²) in [6.07, 6.45) is 2.82. The standard InChI is InChI=1S/C8H12F2N2/c9-8(10)4-12(5-8)7-1-6(11,2-7)3-7/h1-5,11H2. The second kappa shape index (κ2) is 1.55. The Morgan fingerprint density at radius 3 is 1.92 bits per heavy atom. The van der Waals surface area contributed by atoms with Gasteiger partial charge < -0.3 is 5.73 Å². The molecule has 3 aliphatic carbocycles. The van der Waals surface area contributed by atoms with E-state index in [0.29, 0.717) is 0 Å². The molecule has 3 saturated carbocycles. The Labute approximate surface area is 69.7 Å². The lowest BCUT2D eigenvalue weighted by molar-refractivity contribution is -0.251. The first-order valence-electron chi connectivity index (χ1n) is 4.35. The van der Waals surface area contributed by atoms with E-state index in [1.54, 1.807) is 0 Å². The lowest BCUT2D eigenvalue weighted by Crippen LogP contribution is -2.85. The van der Waals surface area contributed by atoms with Gasteiger partial charge in [-0.25, -0.2) is 8.78 Å². The van der Waals surface area contributed by atoms with Crippen molar-refractivity contribution in [3.05, 3.63) is 0 Å². The Bertz CT molecular complexity index is 224. The molecule has 0 aromatic rings. The first kappa shape index (κ1) is 7.21. The summed E-state index contributed by atoms with van der Waals surface area (Å²) in [5.41, 5.74) is 5.98. The van der Waals surface area contributed by atoms with E-state index in [0.717, 1.165) is 19.3 Å². The summed E-state index contributed by atoms with van der Waals surface area (Å²) in [4.78, 5) is 1.90. The highest BCUT2D eigenvalue weighted by molar-refractivity contribution is 5.29. The molecule has 0 atom stereocenters. The molecule has 4 fully saturated rings. The SMILES string of the molecule is NC12CC(N3CC(F)(F)C3)(C1)C2. The van der Waals surface area contributed by atoms with Gasteiger partial charge in [0.1, 0.15) is 0 Å². The Morgan fingerprint density at radius 1 is 1.08 bits per heavy atom. The Kier molecular flexibility index (Phi) is 0.932. The predicted octanol–water partition coefficient (Wildman–Crippen LogP) is 0.571. The predicted molar refractivity (Wildman–Crippen MR) is 40.0 cm³/mol. The van der Waals surface area contributed by atoms with E-state index in [9.17, 15) is 8.78 Å². The van der Waals surface area contributed by atoms with E-state index in [-0.39, 0.29) is 24.2 Å². The van der Waals surface area contributed by atoms with E-state index in [1.807, 2.05) is 4.90 Å². The fourth-order valence-corrected chi connectivity index (χ4v) is 2.99. The smallest absolute Gasteiger partial charge is 0.272 e. The molecule has 0 spiro atoms. The first-order chi connectivity index (χ1) is 5.43. The second-order valence-corrected chi connectivity index (χ2v) is 4.83. The van der Waals surface area contributed by atoms with Crippen LogP contribution in [0.3, 0.4) is 0 Å². The molecule has 1 saturated heterocycles. The van der Waals surface area contributed by atoms with Crippen molar-refractivity contribution in [2.75, 3.05) is 13.1 Å². The van der Waals surface area contributed by atoms with Crippen LogP contribution in [0, 0.1) is 0 Å². The molecule has 2 nitrogen and oxygen atoms in total. The topological polar surface area (TPSA) is 29.3 Å². The van der Waals surface area contributed by atoms with Crippen LogP contribution in [0.5, 0.6) is 0 Å². The lowest BCUT2D eigenvalue weighted by Gasteiger charge is -2.74. The van der Waals surface area contributed by atoms with Gasteiger partial charge in [0.15, 0.2) is 0 Å². The number of rotatable bonds is 1. The van der Waals surface area contributed by atoms with Crippen LogP contribution in [-0.2, 0) is 0 Å². The minimum Gasteiger partial charge on any atom is -0.325 e. The van der Waals surface area contributed by atoms with E-state index in [4.69, 9.17) is 5.73 Å². The molecule has 2 bridgehead atoms. The highest BCUT2D eigenvalue weighted by Gasteiger charge is 2.71. The highest BCUT2D eigenvalue weighted by atomic mass is 19.3. The zero-order valence-electron chi connectivity index (χ0n) is 6.82. The van der Waals surface area contributed by atoms with Gasteiger partial charge in [0.25, 0.3) is 5.92 Å². The van der Waals surface area contributed by atoms with E-state index in [1.165, 1.54) is 0 Å². The van der Waals surface area contributed by atoms with Crippen LogP contribution in [0.25, 0.3) is 0 Å². The van der Waals surface area contributed by atoms with Crippen LogP contribution < -0.4 is 5.73 Å². The Morgan fingerprint density at radius 2 is 1.58 bits per heavy atom. The van der Waals surface area contributed by atoms with E-state index >= 15 is 0 Å². The summed E-state index contributed by atoms with van der Waals surface area (Å²) in [7, 11) is 0. The van der Waals surface area contributed by atoms with Gasteiger partial charge in [-0.05, 0) is 19.3 Å². The summed E-state index contributed by atoms with van der Waals surface area (Å²) in [6, 6.07) is 0. The Hall–Kier alpha value is -0.220. The summed E-state index contributed by atoms with van der Waals surface area (Å²) in [5.74, 6) is -2.42. The molecule has 1 heterocycles. The molecular weight excluding hydrogens is 162 g/mol. The summed E-state index contributed by atoms with van der Waals surface area (Å²) < 4.78 is 25.0. The molecule has 0 aromatic heterocycles. The summed E-state index contributed by atoms with van der Waals surface area (Å²) in [5, 5.41) is 0. The van der Waals surface area contributed by atoms with Crippen LogP contribution in [-0.4, -0.2) is 35.0 Å². The second-order valence-electron chi connectivity index (χ2n) is 4.83. The summed E-state index contributed by atoms with van der Waals surface area (Å²) in [6.45, 7) is -0.0772. The molecule has 68 valence electrons. The van der Waals surface area contributed by atoms with Gasteiger partial charge in [-0.2, -0.15) is 0 Å². The van der Waals surface area contributed by atoms with E-state index < -0.39 is 5.92 Å². The quantitative estimate of drug-likeness (QED) is 0.629. The summed E-state index contributed by atoms with van der Waals surface area (Å²) >= 11 is 0. The minimum atomic E-state index is -2.42. The molecule has 2 N–H and O–H groups in total. The maximum absolute atomic E-state index is 12.5. The maximum atomic E-state index is 12.5. The van der Waals surface area contributed by atoms with Gasteiger partial charge in [-0.3, -0.25) is 4.90 Å². The van der Waals surface area contributed by atoms with Gasteiger partial charge in [-0.15, -0.1) is 0 Å². The number of nitrogens with zero attached hydrogens (tertiary/aromatic N) is 1. The fraction of sp³-hybridized carbons (Fsp3) is 1.00. The van der Waals surface area contributed by atoms with Gasteiger partial charge in [0, 0.05) is 11.1 Å². The van der Waals surface area contributed by atoms with Gasteiger partial charge in [0.05, 0.1) is 13.1 Å². The number of hydrogen-bond acceptors (Lipinski definition) is 2. The maximum Gasteiger partial charge on any atom is 0.272 e.